The van der Waals surface area contributed by atoms with Crippen molar-refractivity contribution in [2.75, 3.05) is 6.61 Å². The molecule has 1 heterocycles. The molecule has 2 unspecified atom stereocenters. The van der Waals surface area contributed by atoms with E-state index in [0.717, 1.165) is 31.6 Å². The van der Waals surface area contributed by atoms with Gasteiger partial charge in [0.25, 0.3) is 0 Å². The van der Waals surface area contributed by atoms with Gasteiger partial charge in [0.2, 0.25) is 0 Å². The maximum atomic E-state index is 5.66. The minimum absolute atomic E-state index is 0.162. The van der Waals surface area contributed by atoms with Gasteiger partial charge in [-0.1, -0.05) is 27.7 Å². The molecule has 3 nitrogen and oxygen atoms in total. The van der Waals surface area contributed by atoms with E-state index in [0.29, 0.717) is 11.3 Å². The summed E-state index contributed by atoms with van der Waals surface area (Å²) < 4.78 is 5.66. The molecule has 0 bridgehead atoms. The van der Waals surface area contributed by atoms with Crippen molar-refractivity contribution in [1.29, 1.82) is 0 Å². The van der Waals surface area contributed by atoms with Gasteiger partial charge >= 0.3 is 0 Å². The van der Waals surface area contributed by atoms with Gasteiger partial charge in [-0.25, -0.2) is 5.43 Å². The fraction of sp³-hybridized carbons (Fsp3) is 0.846. The smallest absolute Gasteiger partial charge is 0.110 e. The van der Waals surface area contributed by atoms with E-state index in [1.54, 1.807) is 0 Å². The average molecular weight is 226 g/mol. The first kappa shape index (κ1) is 13.5. The number of rotatable bonds is 4. The van der Waals surface area contributed by atoms with Crippen LogP contribution in [0, 0.1) is 11.3 Å². The predicted molar refractivity (Wildman–Crippen MR) is 67.6 cm³/mol. The number of nitrogens with two attached hydrogens (primary N) is 1. The Morgan fingerprint density at radius 1 is 1.50 bits per heavy atom. The molecular formula is C13H26N2O. The van der Waals surface area contributed by atoms with Crippen LogP contribution < -0.4 is 11.3 Å². The molecule has 1 aliphatic rings. The summed E-state index contributed by atoms with van der Waals surface area (Å²) in [6, 6.07) is 0.162. The second-order valence-corrected chi connectivity index (χ2v) is 5.82. The van der Waals surface area contributed by atoms with Crippen molar-refractivity contribution in [1.82, 2.24) is 5.43 Å². The van der Waals surface area contributed by atoms with Gasteiger partial charge in [0.1, 0.15) is 5.76 Å². The lowest BCUT2D eigenvalue weighted by Crippen LogP contribution is -2.40. The van der Waals surface area contributed by atoms with Crippen molar-refractivity contribution in [3.8, 4) is 0 Å². The molecule has 16 heavy (non-hydrogen) atoms. The zero-order valence-electron chi connectivity index (χ0n) is 11.0. The number of hydrazine groups is 1. The summed E-state index contributed by atoms with van der Waals surface area (Å²) in [7, 11) is 0. The highest BCUT2D eigenvalue weighted by molar-refractivity contribution is 5.05. The fourth-order valence-corrected chi connectivity index (χ4v) is 1.79. The largest absolute Gasteiger partial charge is 0.497 e. The molecule has 0 aromatic carbocycles. The van der Waals surface area contributed by atoms with E-state index in [2.05, 4.69) is 39.2 Å². The molecule has 0 fully saturated rings. The van der Waals surface area contributed by atoms with Crippen molar-refractivity contribution in [2.45, 2.75) is 53.0 Å². The monoisotopic (exact) mass is 226 g/mol. The summed E-state index contributed by atoms with van der Waals surface area (Å²) in [4.78, 5) is 0. The summed E-state index contributed by atoms with van der Waals surface area (Å²) in [6.45, 7) is 9.89. The summed E-state index contributed by atoms with van der Waals surface area (Å²) in [6.07, 6.45) is 5.42. The van der Waals surface area contributed by atoms with Gasteiger partial charge < -0.3 is 4.74 Å². The molecule has 0 aliphatic carbocycles. The molecule has 3 N–H and O–H groups in total. The van der Waals surface area contributed by atoms with Gasteiger partial charge in [0.15, 0.2) is 0 Å². The number of nitrogens with one attached hydrogen (secondary N) is 1. The van der Waals surface area contributed by atoms with Crippen LogP contribution in [-0.2, 0) is 4.74 Å². The minimum Gasteiger partial charge on any atom is -0.497 e. The third-order valence-electron chi connectivity index (χ3n) is 3.57. The van der Waals surface area contributed by atoms with Crippen LogP contribution in [0.1, 0.15) is 47.0 Å². The molecule has 0 radical (unpaired) electrons. The molecule has 0 spiro atoms. The zero-order valence-corrected chi connectivity index (χ0v) is 11.0. The third-order valence-corrected chi connectivity index (χ3v) is 3.57. The Balaban J connectivity index is 2.58. The van der Waals surface area contributed by atoms with Crippen molar-refractivity contribution in [3.63, 3.8) is 0 Å². The van der Waals surface area contributed by atoms with Crippen LogP contribution in [-0.4, -0.2) is 12.6 Å². The van der Waals surface area contributed by atoms with Crippen molar-refractivity contribution in [3.05, 3.63) is 11.8 Å². The highest BCUT2D eigenvalue weighted by atomic mass is 16.5. The number of hydrogen-bond acceptors (Lipinski definition) is 3. The quantitative estimate of drug-likeness (QED) is 0.572. The molecule has 1 rings (SSSR count). The Hall–Kier alpha value is -0.540. The first-order chi connectivity index (χ1) is 7.45. The van der Waals surface area contributed by atoms with E-state index in [4.69, 9.17) is 10.6 Å². The van der Waals surface area contributed by atoms with Crippen molar-refractivity contribution in [2.24, 2.45) is 17.2 Å². The topological polar surface area (TPSA) is 47.3 Å². The lowest BCUT2D eigenvalue weighted by atomic mass is 9.78. The maximum absolute atomic E-state index is 5.66. The molecule has 0 saturated heterocycles. The molecule has 0 aromatic heterocycles. The lowest BCUT2D eigenvalue weighted by molar-refractivity contribution is 0.146. The van der Waals surface area contributed by atoms with Gasteiger partial charge in [-0.15, -0.1) is 0 Å². The summed E-state index contributed by atoms with van der Waals surface area (Å²) in [5.74, 6) is 7.25. The van der Waals surface area contributed by atoms with Crippen LogP contribution in [0.3, 0.4) is 0 Å². The van der Waals surface area contributed by atoms with E-state index < -0.39 is 0 Å². The summed E-state index contributed by atoms with van der Waals surface area (Å²) in [5, 5.41) is 0. The van der Waals surface area contributed by atoms with Gasteiger partial charge in [-0.05, 0) is 36.7 Å². The SMILES string of the molecule is CC(CC(NN)C1=CCCCO1)C(C)(C)C. The highest BCUT2D eigenvalue weighted by Gasteiger charge is 2.26. The van der Waals surface area contributed by atoms with Crippen LogP contribution in [0.2, 0.25) is 0 Å². The predicted octanol–water partition coefficient (Wildman–Crippen LogP) is 2.58. The second-order valence-electron chi connectivity index (χ2n) is 5.82. The average Bonchev–Trinajstić information content (AvgIpc) is 2.25. The van der Waals surface area contributed by atoms with E-state index in [1.165, 1.54) is 0 Å². The molecule has 1 aliphatic heterocycles. The van der Waals surface area contributed by atoms with Gasteiger partial charge in [0, 0.05) is 0 Å². The number of ether oxygens (including phenoxy) is 1. The Morgan fingerprint density at radius 2 is 2.19 bits per heavy atom. The zero-order chi connectivity index (χ0) is 12.2. The van der Waals surface area contributed by atoms with Crippen molar-refractivity contribution >= 4 is 0 Å². The Bertz CT molecular complexity index is 243. The summed E-state index contributed by atoms with van der Waals surface area (Å²) >= 11 is 0. The number of hydrogen-bond donors (Lipinski definition) is 2. The summed E-state index contributed by atoms with van der Waals surface area (Å²) in [5.41, 5.74) is 3.19. The molecule has 0 aromatic rings. The molecule has 2 atom stereocenters. The van der Waals surface area contributed by atoms with Crippen LogP contribution in [0.4, 0.5) is 0 Å². The first-order valence-corrected chi connectivity index (χ1v) is 6.24. The molecule has 0 saturated carbocycles. The van der Waals surface area contributed by atoms with E-state index in [1.807, 2.05) is 0 Å². The van der Waals surface area contributed by atoms with Crippen molar-refractivity contribution < 1.29 is 4.74 Å². The first-order valence-electron chi connectivity index (χ1n) is 6.24. The Labute approximate surface area is 99.4 Å². The highest BCUT2D eigenvalue weighted by Crippen LogP contribution is 2.31. The van der Waals surface area contributed by atoms with E-state index in [9.17, 15) is 0 Å². The number of allylic oxidation sites excluding steroid dienone is 1. The van der Waals surface area contributed by atoms with Crippen LogP contribution >= 0.6 is 0 Å². The van der Waals surface area contributed by atoms with Crippen LogP contribution in [0.5, 0.6) is 0 Å². The lowest BCUT2D eigenvalue weighted by Gasteiger charge is -2.32. The van der Waals surface area contributed by atoms with E-state index in [-0.39, 0.29) is 6.04 Å². The fourth-order valence-electron chi connectivity index (χ4n) is 1.79. The van der Waals surface area contributed by atoms with Gasteiger partial charge in [-0.3, -0.25) is 5.84 Å². The molecule has 3 heteroatoms. The van der Waals surface area contributed by atoms with Crippen LogP contribution in [0.15, 0.2) is 11.8 Å². The van der Waals surface area contributed by atoms with E-state index >= 15 is 0 Å². The van der Waals surface area contributed by atoms with Gasteiger partial charge in [-0.2, -0.15) is 0 Å². The normalized spacial score (nSPS) is 20.9. The maximum Gasteiger partial charge on any atom is 0.110 e. The Kier molecular flexibility index (Phi) is 4.81. The Morgan fingerprint density at radius 3 is 2.62 bits per heavy atom. The standard InChI is InChI=1S/C13H26N2O/c1-10(13(2,3)4)9-11(15-14)12-7-5-6-8-16-12/h7,10-11,15H,5-6,8-9,14H2,1-4H3. The molecular weight excluding hydrogens is 200 g/mol. The molecule has 0 amide bonds. The molecule has 94 valence electrons. The van der Waals surface area contributed by atoms with Crippen LogP contribution in [0.25, 0.3) is 0 Å². The van der Waals surface area contributed by atoms with Gasteiger partial charge in [0.05, 0.1) is 12.6 Å². The minimum atomic E-state index is 0.162. The second kappa shape index (κ2) is 5.69. The third kappa shape index (κ3) is 3.80.